The lowest BCUT2D eigenvalue weighted by Crippen LogP contribution is -2.15. The molecule has 0 aliphatic heterocycles. The summed E-state index contributed by atoms with van der Waals surface area (Å²) >= 11 is 0. The molecule has 1 aromatic rings. The minimum Gasteiger partial charge on any atom is -0.494 e. The van der Waals surface area contributed by atoms with Crippen molar-refractivity contribution in [2.75, 3.05) is 27.2 Å². The van der Waals surface area contributed by atoms with Gasteiger partial charge in [-0.05, 0) is 44.3 Å². The summed E-state index contributed by atoms with van der Waals surface area (Å²) in [4.78, 5) is 13.6. The van der Waals surface area contributed by atoms with Crippen LogP contribution in [0, 0.1) is 0 Å². The Bertz CT molecular complexity index is 427. The number of hydrogen-bond donors (Lipinski definition) is 0. The van der Waals surface area contributed by atoms with Gasteiger partial charge in [-0.3, -0.25) is 4.79 Å². The van der Waals surface area contributed by atoms with Crippen LogP contribution in [0.2, 0.25) is 0 Å². The maximum absolute atomic E-state index is 11.6. The van der Waals surface area contributed by atoms with E-state index < -0.39 is 0 Å². The number of carbonyl (C=O) groups excluding carboxylic acids is 1. The zero-order valence-corrected chi connectivity index (χ0v) is 14.0. The third-order valence-corrected chi connectivity index (χ3v) is 2.91. The van der Waals surface area contributed by atoms with Crippen molar-refractivity contribution in [1.82, 2.24) is 4.90 Å². The van der Waals surface area contributed by atoms with E-state index in [1.54, 1.807) is 6.08 Å². The van der Waals surface area contributed by atoms with Crippen molar-refractivity contribution in [2.24, 2.45) is 0 Å². The van der Waals surface area contributed by atoms with E-state index in [-0.39, 0.29) is 18.2 Å². The molecule has 21 heavy (non-hydrogen) atoms. The Kier molecular flexibility index (Phi) is 10.6. The number of rotatable bonds is 9. The van der Waals surface area contributed by atoms with E-state index in [1.807, 2.05) is 49.3 Å². The molecule has 1 aromatic carbocycles. The normalized spacial score (nSPS) is 10.7. The zero-order chi connectivity index (χ0) is 14.8. The summed E-state index contributed by atoms with van der Waals surface area (Å²) < 4.78 is 5.60. The maximum Gasteiger partial charge on any atom is 0.156 e. The van der Waals surface area contributed by atoms with Crippen LogP contribution in [0.5, 0.6) is 5.75 Å². The summed E-state index contributed by atoms with van der Waals surface area (Å²) in [5, 5.41) is 0. The Morgan fingerprint density at radius 1 is 1.24 bits per heavy atom. The second-order valence-electron chi connectivity index (χ2n) is 5.12. The molecule has 4 heteroatoms. The summed E-state index contributed by atoms with van der Waals surface area (Å²) in [7, 11) is 3.93. The maximum atomic E-state index is 11.6. The number of unbranched alkanes of at least 4 members (excludes halogenated alkanes) is 1. The standard InChI is InChI=1S/C17H25NO2.ClH/c1-4-5-14-20-17-10-7-15(8-11-17)6-9-16(19)12-13-18(2)3;/h6-11H,4-5,12-14H2,1-3H3;1H/b9-6+;. The van der Waals surface area contributed by atoms with Crippen LogP contribution >= 0.6 is 12.4 Å². The van der Waals surface area contributed by atoms with Crippen LogP contribution in [-0.4, -0.2) is 37.9 Å². The average molecular weight is 312 g/mol. The molecule has 0 unspecified atom stereocenters. The highest BCUT2D eigenvalue weighted by Crippen LogP contribution is 2.13. The number of allylic oxidation sites excluding steroid dienone is 1. The third-order valence-electron chi connectivity index (χ3n) is 2.91. The molecule has 3 nitrogen and oxygen atoms in total. The van der Waals surface area contributed by atoms with Crippen LogP contribution in [0.3, 0.4) is 0 Å². The van der Waals surface area contributed by atoms with Gasteiger partial charge in [0, 0.05) is 13.0 Å². The topological polar surface area (TPSA) is 29.5 Å². The fraction of sp³-hybridized carbons (Fsp3) is 0.471. The summed E-state index contributed by atoms with van der Waals surface area (Å²) in [6.07, 6.45) is 6.27. The predicted octanol–water partition coefficient (Wildman–Crippen LogP) is 3.82. The van der Waals surface area contributed by atoms with Crippen LogP contribution in [0.4, 0.5) is 0 Å². The van der Waals surface area contributed by atoms with Gasteiger partial charge in [0.2, 0.25) is 0 Å². The van der Waals surface area contributed by atoms with Crippen molar-refractivity contribution in [3.8, 4) is 5.75 Å². The van der Waals surface area contributed by atoms with Crippen molar-refractivity contribution < 1.29 is 9.53 Å². The molecule has 0 fully saturated rings. The first-order valence-corrected chi connectivity index (χ1v) is 7.20. The molecule has 0 N–H and O–H groups in total. The highest BCUT2D eigenvalue weighted by Gasteiger charge is 1.98. The molecule has 1 rings (SSSR count). The van der Waals surface area contributed by atoms with E-state index in [4.69, 9.17) is 4.74 Å². The van der Waals surface area contributed by atoms with Gasteiger partial charge in [-0.1, -0.05) is 31.6 Å². The van der Waals surface area contributed by atoms with Gasteiger partial charge in [-0.15, -0.1) is 12.4 Å². The lowest BCUT2D eigenvalue weighted by molar-refractivity contribution is -0.114. The van der Waals surface area contributed by atoms with E-state index in [9.17, 15) is 4.79 Å². The number of benzene rings is 1. The van der Waals surface area contributed by atoms with Crippen molar-refractivity contribution in [3.05, 3.63) is 35.9 Å². The van der Waals surface area contributed by atoms with E-state index >= 15 is 0 Å². The molecule has 118 valence electrons. The fourth-order valence-electron chi connectivity index (χ4n) is 1.62. The van der Waals surface area contributed by atoms with E-state index in [0.717, 1.165) is 37.3 Å². The highest BCUT2D eigenvalue weighted by atomic mass is 35.5. The summed E-state index contributed by atoms with van der Waals surface area (Å²) in [5.41, 5.74) is 1.02. The first-order valence-electron chi connectivity index (χ1n) is 7.20. The number of nitrogens with zero attached hydrogens (tertiary/aromatic N) is 1. The molecular formula is C17H26ClNO2. The van der Waals surface area contributed by atoms with E-state index in [1.165, 1.54) is 0 Å². The first kappa shape index (κ1) is 19.7. The van der Waals surface area contributed by atoms with Crippen molar-refractivity contribution >= 4 is 24.3 Å². The second kappa shape index (κ2) is 11.4. The van der Waals surface area contributed by atoms with Gasteiger partial charge in [-0.25, -0.2) is 0 Å². The van der Waals surface area contributed by atoms with E-state index in [0.29, 0.717) is 6.42 Å². The molecule has 0 spiro atoms. The van der Waals surface area contributed by atoms with Gasteiger partial charge >= 0.3 is 0 Å². The number of hydrogen-bond acceptors (Lipinski definition) is 3. The molecule has 0 aliphatic rings. The minimum absolute atomic E-state index is 0. The van der Waals surface area contributed by atoms with E-state index in [2.05, 4.69) is 6.92 Å². The van der Waals surface area contributed by atoms with Crippen LogP contribution in [0.25, 0.3) is 6.08 Å². The minimum atomic E-state index is 0. The molecule has 0 aromatic heterocycles. The first-order chi connectivity index (χ1) is 9.61. The Labute approximate surface area is 134 Å². The second-order valence-corrected chi connectivity index (χ2v) is 5.12. The average Bonchev–Trinajstić information content (AvgIpc) is 2.44. The van der Waals surface area contributed by atoms with Gasteiger partial charge < -0.3 is 9.64 Å². The van der Waals surface area contributed by atoms with Crippen LogP contribution in [-0.2, 0) is 4.79 Å². The number of ether oxygens (including phenoxy) is 1. The zero-order valence-electron chi connectivity index (χ0n) is 13.2. The van der Waals surface area contributed by atoms with Gasteiger partial charge in [-0.2, -0.15) is 0 Å². The Morgan fingerprint density at radius 2 is 1.90 bits per heavy atom. The predicted molar refractivity (Wildman–Crippen MR) is 91.3 cm³/mol. The van der Waals surface area contributed by atoms with Crippen LogP contribution in [0.1, 0.15) is 31.7 Å². The Balaban J connectivity index is 0.00000400. The van der Waals surface area contributed by atoms with Gasteiger partial charge in [0.15, 0.2) is 5.78 Å². The van der Waals surface area contributed by atoms with Crippen molar-refractivity contribution in [3.63, 3.8) is 0 Å². The molecular weight excluding hydrogens is 286 g/mol. The molecule has 0 saturated heterocycles. The number of carbonyl (C=O) groups is 1. The monoisotopic (exact) mass is 311 g/mol. The Morgan fingerprint density at radius 3 is 2.48 bits per heavy atom. The van der Waals surface area contributed by atoms with Gasteiger partial charge in [0.05, 0.1) is 6.61 Å². The van der Waals surface area contributed by atoms with Crippen LogP contribution < -0.4 is 4.74 Å². The molecule has 0 radical (unpaired) electrons. The summed E-state index contributed by atoms with van der Waals surface area (Å²) in [6.45, 7) is 3.69. The molecule has 0 heterocycles. The SMILES string of the molecule is CCCCOc1ccc(/C=C/C(=O)CCN(C)C)cc1.Cl. The van der Waals surface area contributed by atoms with Gasteiger partial charge in [0.1, 0.15) is 5.75 Å². The molecule has 0 amide bonds. The summed E-state index contributed by atoms with van der Waals surface area (Å²) in [5.74, 6) is 1.04. The number of ketones is 1. The third kappa shape index (κ3) is 9.27. The Hall–Kier alpha value is -1.32. The fourth-order valence-corrected chi connectivity index (χ4v) is 1.62. The highest BCUT2D eigenvalue weighted by molar-refractivity contribution is 5.93. The smallest absolute Gasteiger partial charge is 0.156 e. The molecule has 0 saturated carbocycles. The lowest BCUT2D eigenvalue weighted by Gasteiger charge is -2.06. The largest absolute Gasteiger partial charge is 0.494 e. The van der Waals surface area contributed by atoms with Crippen molar-refractivity contribution in [1.29, 1.82) is 0 Å². The summed E-state index contributed by atoms with van der Waals surface area (Å²) in [6, 6.07) is 7.83. The number of halogens is 1. The van der Waals surface area contributed by atoms with Crippen LogP contribution in [0.15, 0.2) is 30.3 Å². The van der Waals surface area contributed by atoms with Gasteiger partial charge in [0.25, 0.3) is 0 Å². The lowest BCUT2D eigenvalue weighted by atomic mass is 10.1. The molecule has 0 atom stereocenters. The molecule has 0 aliphatic carbocycles. The molecule has 0 bridgehead atoms. The quantitative estimate of drug-likeness (QED) is 0.513. The van der Waals surface area contributed by atoms with Crippen molar-refractivity contribution in [2.45, 2.75) is 26.2 Å².